The second-order valence-electron chi connectivity index (χ2n) is 4.14. The van der Waals surface area contributed by atoms with Crippen LogP contribution >= 0.6 is 0 Å². The van der Waals surface area contributed by atoms with Gasteiger partial charge in [0.15, 0.2) is 5.82 Å². The predicted octanol–water partition coefficient (Wildman–Crippen LogP) is 1.19. The van der Waals surface area contributed by atoms with Crippen molar-refractivity contribution in [3.63, 3.8) is 0 Å². The number of hydrogen-bond donors (Lipinski definition) is 1. The Kier molecular flexibility index (Phi) is 3.44. The van der Waals surface area contributed by atoms with Gasteiger partial charge in [-0.25, -0.2) is 0 Å². The maximum Gasteiger partial charge on any atom is 0.223 e. The summed E-state index contributed by atoms with van der Waals surface area (Å²) in [7, 11) is 1.89. The van der Waals surface area contributed by atoms with E-state index in [4.69, 9.17) is 9.78 Å². The lowest BCUT2D eigenvalue weighted by Gasteiger charge is -2.02. The summed E-state index contributed by atoms with van der Waals surface area (Å²) in [6.07, 6.45) is 0. The van der Waals surface area contributed by atoms with E-state index in [1.165, 1.54) is 0 Å². The number of nitriles is 1. The first kappa shape index (κ1) is 12.3. The number of aromatic nitrogens is 3. The van der Waals surface area contributed by atoms with Crippen LogP contribution in [0.2, 0.25) is 0 Å². The molecule has 0 radical (unpaired) electrons. The van der Waals surface area contributed by atoms with Gasteiger partial charge >= 0.3 is 0 Å². The minimum absolute atomic E-state index is 0.549. The van der Waals surface area contributed by atoms with Crippen LogP contribution in [0.25, 0.3) is 0 Å². The molecule has 0 aliphatic carbocycles. The van der Waals surface area contributed by atoms with E-state index in [9.17, 15) is 0 Å². The molecule has 0 unspecified atom stereocenters. The molecule has 0 amide bonds. The quantitative estimate of drug-likeness (QED) is 0.875. The van der Waals surface area contributed by atoms with Gasteiger partial charge in [0.05, 0.1) is 6.54 Å². The van der Waals surface area contributed by atoms with E-state index < -0.39 is 0 Å². The van der Waals surface area contributed by atoms with Crippen LogP contribution in [0.5, 0.6) is 0 Å². The fourth-order valence-electron chi connectivity index (χ4n) is 1.77. The average Bonchev–Trinajstić information content (AvgIpc) is 2.88. The average molecular weight is 245 g/mol. The van der Waals surface area contributed by atoms with Gasteiger partial charge in [-0.15, -0.1) is 0 Å². The molecule has 2 aromatic rings. The molecular weight excluding hydrogens is 230 g/mol. The Bertz CT molecular complexity index is 590. The highest BCUT2D eigenvalue weighted by molar-refractivity contribution is 5.34. The van der Waals surface area contributed by atoms with E-state index in [1.807, 2.05) is 24.6 Å². The first-order valence-corrected chi connectivity index (χ1v) is 5.67. The number of hydrogen-bond acceptors (Lipinski definition) is 5. The van der Waals surface area contributed by atoms with Crippen molar-refractivity contribution in [2.24, 2.45) is 7.05 Å². The number of rotatable bonds is 4. The Balaban J connectivity index is 1.97. The molecule has 18 heavy (non-hydrogen) atoms. The number of nitrogens with one attached hydrogen (secondary N) is 1. The van der Waals surface area contributed by atoms with Crippen LogP contribution in [0.3, 0.4) is 0 Å². The summed E-state index contributed by atoms with van der Waals surface area (Å²) in [5.41, 5.74) is 2.86. The molecule has 0 spiro atoms. The van der Waals surface area contributed by atoms with Gasteiger partial charge < -0.3 is 14.4 Å². The van der Waals surface area contributed by atoms with Crippen molar-refractivity contribution in [1.29, 1.82) is 5.26 Å². The van der Waals surface area contributed by atoms with Crippen molar-refractivity contribution in [3.8, 4) is 6.07 Å². The molecule has 0 atom stereocenters. The van der Waals surface area contributed by atoms with Crippen molar-refractivity contribution in [1.82, 2.24) is 20.0 Å². The molecule has 1 N–H and O–H groups in total. The van der Waals surface area contributed by atoms with Crippen LogP contribution in [-0.2, 0) is 20.1 Å². The Morgan fingerprint density at radius 1 is 1.44 bits per heavy atom. The van der Waals surface area contributed by atoms with Crippen molar-refractivity contribution in [2.45, 2.75) is 26.9 Å². The molecule has 2 aromatic heterocycles. The van der Waals surface area contributed by atoms with Crippen LogP contribution in [0.4, 0.5) is 0 Å². The molecule has 0 aliphatic rings. The SMILES string of the molecule is Cc1nc(CNCc2cc(C#N)n(C)c2C)no1. The summed E-state index contributed by atoms with van der Waals surface area (Å²) >= 11 is 0. The van der Waals surface area contributed by atoms with Crippen LogP contribution in [0.1, 0.15) is 28.7 Å². The summed E-state index contributed by atoms with van der Waals surface area (Å²) in [4.78, 5) is 4.11. The normalized spacial score (nSPS) is 10.6. The highest BCUT2D eigenvalue weighted by atomic mass is 16.5. The van der Waals surface area contributed by atoms with E-state index in [2.05, 4.69) is 21.5 Å². The minimum atomic E-state index is 0.549. The largest absolute Gasteiger partial charge is 0.340 e. The van der Waals surface area contributed by atoms with E-state index in [0.717, 1.165) is 11.3 Å². The van der Waals surface area contributed by atoms with E-state index in [1.54, 1.807) is 6.92 Å². The first-order valence-electron chi connectivity index (χ1n) is 5.67. The molecule has 0 fully saturated rings. The topological polar surface area (TPSA) is 79.7 Å². The molecule has 0 aromatic carbocycles. The lowest BCUT2D eigenvalue weighted by molar-refractivity contribution is 0.385. The van der Waals surface area contributed by atoms with Gasteiger partial charge in [0, 0.05) is 26.2 Å². The zero-order valence-corrected chi connectivity index (χ0v) is 10.7. The first-order chi connectivity index (χ1) is 8.61. The third-order valence-corrected chi connectivity index (χ3v) is 2.92. The predicted molar refractivity (Wildman–Crippen MR) is 64.4 cm³/mol. The molecule has 0 saturated carbocycles. The fraction of sp³-hybridized carbons (Fsp3) is 0.417. The van der Waals surface area contributed by atoms with Gasteiger partial charge in [-0.05, 0) is 18.6 Å². The molecule has 2 heterocycles. The van der Waals surface area contributed by atoms with Gasteiger partial charge in [-0.1, -0.05) is 5.16 Å². The summed E-state index contributed by atoms with van der Waals surface area (Å²) in [5.74, 6) is 1.20. The highest BCUT2D eigenvalue weighted by Crippen LogP contribution is 2.13. The third kappa shape index (κ3) is 2.41. The summed E-state index contributed by atoms with van der Waals surface area (Å²) in [6.45, 7) is 4.98. The molecule has 2 rings (SSSR count). The molecule has 6 nitrogen and oxygen atoms in total. The fourth-order valence-corrected chi connectivity index (χ4v) is 1.77. The molecular formula is C12H15N5O. The third-order valence-electron chi connectivity index (χ3n) is 2.92. The molecule has 0 bridgehead atoms. The second kappa shape index (κ2) is 5.02. The second-order valence-corrected chi connectivity index (χ2v) is 4.14. The standard InChI is InChI=1S/C12H15N5O/c1-8-10(4-11(5-13)17(8)3)6-14-7-12-15-9(2)18-16-12/h4,14H,6-7H2,1-3H3. The van der Waals surface area contributed by atoms with E-state index in [-0.39, 0.29) is 0 Å². The van der Waals surface area contributed by atoms with Gasteiger partial charge in [0.1, 0.15) is 11.8 Å². The molecule has 0 saturated heterocycles. The van der Waals surface area contributed by atoms with Crippen molar-refractivity contribution < 1.29 is 4.52 Å². The zero-order valence-electron chi connectivity index (χ0n) is 10.7. The maximum absolute atomic E-state index is 8.94. The lowest BCUT2D eigenvalue weighted by Crippen LogP contribution is -2.14. The van der Waals surface area contributed by atoms with Gasteiger partial charge in [0.25, 0.3) is 0 Å². The van der Waals surface area contributed by atoms with Crippen LogP contribution in [0.15, 0.2) is 10.6 Å². The Morgan fingerprint density at radius 3 is 2.78 bits per heavy atom. The summed E-state index contributed by atoms with van der Waals surface area (Å²) < 4.78 is 6.77. The van der Waals surface area contributed by atoms with Crippen molar-refractivity contribution in [3.05, 3.63) is 34.7 Å². The van der Waals surface area contributed by atoms with E-state index >= 15 is 0 Å². The number of aryl methyl sites for hydroxylation is 1. The van der Waals surface area contributed by atoms with Crippen molar-refractivity contribution in [2.75, 3.05) is 0 Å². The number of nitrogens with zero attached hydrogens (tertiary/aromatic N) is 4. The van der Waals surface area contributed by atoms with Gasteiger partial charge in [0.2, 0.25) is 5.89 Å². The minimum Gasteiger partial charge on any atom is -0.340 e. The molecule has 94 valence electrons. The smallest absolute Gasteiger partial charge is 0.223 e. The Labute approximate surface area is 105 Å². The zero-order chi connectivity index (χ0) is 13.1. The van der Waals surface area contributed by atoms with Crippen LogP contribution < -0.4 is 5.32 Å². The Morgan fingerprint density at radius 2 is 2.22 bits per heavy atom. The maximum atomic E-state index is 8.94. The van der Waals surface area contributed by atoms with Crippen LogP contribution in [-0.4, -0.2) is 14.7 Å². The van der Waals surface area contributed by atoms with Crippen molar-refractivity contribution >= 4 is 0 Å². The monoisotopic (exact) mass is 245 g/mol. The summed E-state index contributed by atoms with van der Waals surface area (Å²) in [5, 5.41) is 16.0. The summed E-state index contributed by atoms with van der Waals surface area (Å²) in [6, 6.07) is 4.06. The molecule has 6 heteroatoms. The highest BCUT2D eigenvalue weighted by Gasteiger charge is 2.08. The van der Waals surface area contributed by atoms with Gasteiger partial charge in [-0.3, -0.25) is 0 Å². The Hall–Kier alpha value is -2.13. The lowest BCUT2D eigenvalue weighted by atomic mass is 10.2. The van der Waals surface area contributed by atoms with Gasteiger partial charge in [-0.2, -0.15) is 10.2 Å². The van der Waals surface area contributed by atoms with Crippen LogP contribution in [0, 0.1) is 25.2 Å². The molecule has 0 aliphatic heterocycles. The van der Waals surface area contributed by atoms with E-state index in [0.29, 0.717) is 30.5 Å².